The Morgan fingerprint density at radius 3 is 2.73 bits per heavy atom. The predicted molar refractivity (Wildman–Crippen MR) is 92.3 cm³/mol. The van der Waals surface area contributed by atoms with E-state index in [0.717, 1.165) is 18.4 Å². The Labute approximate surface area is 149 Å². The summed E-state index contributed by atoms with van der Waals surface area (Å²) in [6.07, 6.45) is 1.72. The molecule has 0 amide bonds. The van der Waals surface area contributed by atoms with Crippen molar-refractivity contribution < 1.29 is 13.9 Å². The van der Waals surface area contributed by atoms with E-state index in [-0.39, 0.29) is 23.8 Å². The third kappa shape index (κ3) is 4.21. The van der Waals surface area contributed by atoms with Gasteiger partial charge in [0, 0.05) is 18.2 Å². The van der Waals surface area contributed by atoms with E-state index in [1.807, 2.05) is 37.3 Å². The number of carbonyl (C=O) groups excluding carboxylic acids is 1. The molecule has 0 N–H and O–H groups in total. The number of rotatable bonds is 7. The Kier molecular flexibility index (Phi) is 5.52. The van der Waals surface area contributed by atoms with E-state index >= 15 is 0 Å². The molecule has 0 aliphatic rings. The number of hydrogen-bond acceptors (Lipinski definition) is 7. The Hall–Kier alpha value is -3.29. The number of benzene rings is 1. The summed E-state index contributed by atoms with van der Waals surface area (Å²) in [7, 11) is 0. The maximum Gasteiger partial charge on any atom is 0.359 e. The lowest BCUT2D eigenvalue weighted by Gasteiger charge is -2.05. The second kappa shape index (κ2) is 8.19. The first kappa shape index (κ1) is 17.5. The molecule has 3 aromatic rings. The number of nitrogens with zero attached hydrogens (tertiary/aromatic N) is 4. The van der Waals surface area contributed by atoms with Gasteiger partial charge in [-0.05, 0) is 24.6 Å². The van der Waals surface area contributed by atoms with Crippen molar-refractivity contribution in [3.8, 4) is 11.5 Å². The lowest BCUT2D eigenvalue weighted by molar-refractivity contribution is 0.0428. The van der Waals surface area contributed by atoms with Gasteiger partial charge in [-0.2, -0.15) is 5.10 Å². The lowest BCUT2D eigenvalue weighted by atomic mass is 10.2. The summed E-state index contributed by atoms with van der Waals surface area (Å²) < 4.78 is 11.9. The van der Waals surface area contributed by atoms with Crippen LogP contribution in [0.25, 0.3) is 11.5 Å². The molecule has 2 aromatic heterocycles. The van der Waals surface area contributed by atoms with E-state index in [9.17, 15) is 9.59 Å². The van der Waals surface area contributed by atoms with Crippen LogP contribution in [-0.2, 0) is 17.9 Å². The molecule has 8 heteroatoms. The van der Waals surface area contributed by atoms with Crippen molar-refractivity contribution in [2.24, 2.45) is 0 Å². The highest BCUT2D eigenvalue weighted by molar-refractivity contribution is 5.86. The molecule has 0 spiro atoms. The largest absolute Gasteiger partial charge is 0.451 e. The molecule has 3 rings (SSSR count). The molecule has 0 unspecified atom stereocenters. The fourth-order valence-corrected chi connectivity index (χ4v) is 2.24. The third-order valence-electron chi connectivity index (χ3n) is 3.61. The highest BCUT2D eigenvalue weighted by Crippen LogP contribution is 2.17. The molecule has 2 heterocycles. The molecule has 0 aliphatic heterocycles. The van der Waals surface area contributed by atoms with Gasteiger partial charge < -0.3 is 9.15 Å². The Morgan fingerprint density at radius 2 is 1.96 bits per heavy atom. The van der Waals surface area contributed by atoms with E-state index in [2.05, 4.69) is 15.3 Å². The monoisotopic (exact) mass is 354 g/mol. The molecule has 0 saturated heterocycles. The molecule has 1 aromatic carbocycles. The minimum Gasteiger partial charge on any atom is -0.451 e. The molecular formula is C18H18N4O4. The van der Waals surface area contributed by atoms with Gasteiger partial charge in [0.25, 0.3) is 11.4 Å². The zero-order valence-electron chi connectivity index (χ0n) is 14.3. The first-order valence-electron chi connectivity index (χ1n) is 8.30. The fraction of sp³-hybridized carbons (Fsp3) is 0.278. The summed E-state index contributed by atoms with van der Waals surface area (Å²) >= 11 is 0. The van der Waals surface area contributed by atoms with Crippen LogP contribution in [0.1, 0.15) is 36.1 Å². The van der Waals surface area contributed by atoms with Crippen molar-refractivity contribution >= 4 is 5.97 Å². The van der Waals surface area contributed by atoms with Gasteiger partial charge in [-0.3, -0.25) is 4.79 Å². The van der Waals surface area contributed by atoms with Crippen molar-refractivity contribution in [1.29, 1.82) is 0 Å². The van der Waals surface area contributed by atoms with Crippen LogP contribution in [0, 0.1) is 0 Å². The lowest BCUT2D eigenvalue weighted by Crippen LogP contribution is -2.25. The van der Waals surface area contributed by atoms with Crippen LogP contribution in [0.2, 0.25) is 0 Å². The maximum atomic E-state index is 12.1. The number of carbonyl (C=O) groups is 1. The standard InChI is InChI=1S/C18H18N4O4/c1-2-3-11-22-16(23)10-9-14(21-22)18(24)25-12-15-19-20-17(26-15)13-7-5-4-6-8-13/h4-10H,2-3,11-12H2,1H3. The molecule has 0 fully saturated rings. The van der Waals surface area contributed by atoms with E-state index in [0.29, 0.717) is 12.4 Å². The third-order valence-corrected chi connectivity index (χ3v) is 3.61. The van der Waals surface area contributed by atoms with E-state index in [1.165, 1.54) is 16.8 Å². The van der Waals surface area contributed by atoms with Crippen molar-refractivity contribution in [2.45, 2.75) is 32.9 Å². The Balaban J connectivity index is 1.64. The van der Waals surface area contributed by atoms with Crippen molar-refractivity contribution in [1.82, 2.24) is 20.0 Å². The van der Waals surface area contributed by atoms with Gasteiger partial charge in [0.05, 0.1) is 0 Å². The second-order valence-electron chi connectivity index (χ2n) is 5.58. The molecule has 0 bridgehead atoms. The quantitative estimate of drug-likeness (QED) is 0.601. The van der Waals surface area contributed by atoms with Gasteiger partial charge in [-0.25, -0.2) is 9.48 Å². The van der Waals surface area contributed by atoms with Crippen LogP contribution in [0.15, 0.2) is 51.7 Å². The van der Waals surface area contributed by atoms with Crippen LogP contribution in [0.4, 0.5) is 0 Å². The summed E-state index contributed by atoms with van der Waals surface area (Å²) in [5.41, 5.74) is 0.588. The molecule has 26 heavy (non-hydrogen) atoms. The molecule has 134 valence electrons. The van der Waals surface area contributed by atoms with Crippen LogP contribution in [-0.4, -0.2) is 25.9 Å². The SMILES string of the molecule is CCCCn1nc(C(=O)OCc2nnc(-c3ccccc3)o2)ccc1=O. The van der Waals surface area contributed by atoms with E-state index < -0.39 is 5.97 Å². The molecule has 0 atom stereocenters. The number of unbranched alkanes of at least 4 members (excludes halogenated alkanes) is 1. The smallest absolute Gasteiger partial charge is 0.359 e. The van der Waals surface area contributed by atoms with Gasteiger partial charge in [0.15, 0.2) is 12.3 Å². The topological polar surface area (TPSA) is 100 Å². The summed E-state index contributed by atoms with van der Waals surface area (Å²) in [4.78, 5) is 23.9. The molecule has 8 nitrogen and oxygen atoms in total. The van der Waals surface area contributed by atoms with Crippen LogP contribution >= 0.6 is 0 Å². The van der Waals surface area contributed by atoms with Crippen molar-refractivity contribution in [3.05, 3.63) is 64.4 Å². The molecule has 0 saturated carbocycles. The minimum absolute atomic E-state index is 0.0588. The highest BCUT2D eigenvalue weighted by Gasteiger charge is 2.14. The van der Waals surface area contributed by atoms with Gasteiger partial charge in [-0.1, -0.05) is 31.5 Å². The molecular weight excluding hydrogens is 336 g/mol. The summed E-state index contributed by atoms with van der Waals surface area (Å²) in [5.74, 6) is -0.130. The summed E-state index contributed by atoms with van der Waals surface area (Å²) in [6.45, 7) is 2.30. The van der Waals surface area contributed by atoms with Gasteiger partial charge >= 0.3 is 5.97 Å². The van der Waals surface area contributed by atoms with Crippen LogP contribution < -0.4 is 5.56 Å². The average Bonchev–Trinajstić information content (AvgIpc) is 3.15. The molecule has 0 aliphatic carbocycles. The van der Waals surface area contributed by atoms with Gasteiger partial charge in [0.2, 0.25) is 5.89 Å². The van der Waals surface area contributed by atoms with Crippen molar-refractivity contribution in [3.63, 3.8) is 0 Å². The number of esters is 1. The number of ether oxygens (including phenoxy) is 1. The van der Waals surface area contributed by atoms with Crippen LogP contribution in [0.5, 0.6) is 0 Å². The summed E-state index contributed by atoms with van der Waals surface area (Å²) in [6, 6.07) is 11.9. The fourth-order valence-electron chi connectivity index (χ4n) is 2.24. The molecule has 0 radical (unpaired) electrons. The number of aromatic nitrogens is 4. The highest BCUT2D eigenvalue weighted by atomic mass is 16.5. The predicted octanol–water partition coefficient (Wildman–Crippen LogP) is 2.45. The maximum absolute atomic E-state index is 12.1. The first-order valence-corrected chi connectivity index (χ1v) is 8.30. The van der Waals surface area contributed by atoms with E-state index in [1.54, 1.807) is 0 Å². The average molecular weight is 354 g/mol. The number of aryl methyl sites for hydroxylation is 1. The Morgan fingerprint density at radius 1 is 1.15 bits per heavy atom. The Bertz CT molecular complexity index is 934. The zero-order chi connectivity index (χ0) is 18.4. The van der Waals surface area contributed by atoms with Gasteiger partial charge in [-0.15, -0.1) is 10.2 Å². The van der Waals surface area contributed by atoms with E-state index in [4.69, 9.17) is 9.15 Å². The first-order chi connectivity index (χ1) is 12.7. The minimum atomic E-state index is -0.658. The normalized spacial score (nSPS) is 10.7. The zero-order valence-corrected chi connectivity index (χ0v) is 14.3. The van der Waals surface area contributed by atoms with Gasteiger partial charge in [0.1, 0.15) is 0 Å². The summed E-state index contributed by atoms with van der Waals surface area (Å²) in [5, 5.41) is 11.8. The van der Waals surface area contributed by atoms with Crippen LogP contribution in [0.3, 0.4) is 0 Å². The second-order valence-corrected chi connectivity index (χ2v) is 5.58. The number of hydrogen-bond donors (Lipinski definition) is 0. The van der Waals surface area contributed by atoms with Crippen molar-refractivity contribution in [2.75, 3.05) is 0 Å².